The number of hydrogen-bond acceptors (Lipinski definition) is 3. The number of fused-ring (bicyclic) bond motifs is 1. The molecule has 0 aliphatic rings. The summed E-state index contributed by atoms with van der Waals surface area (Å²) in [7, 11) is 10.5. The fourth-order valence-corrected chi connectivity index (χ4v) is 5.72. The van der Waals surface area contributed by atoms with E-state index in [9.17, 15) is 0 Å². The first kappa shape index (κ1) is 41.4. The minimum absolute atomic E-state index is 0. The van der Waals surface area contributed by atoms with E-state index in [1.165, 1.54) is 11.1 Å². The van der Waals surface area contributed by atoms with Crippen molar-refractivity contribution in [1.29, 1.82) is 0 Å². The summed E-state index contributed by atoms with van der Waals surface area (Å²) in [5.74, 6) is 1.75. The normalized spacial score (nSPS) is 11.0. The molecule has 1 unspecified atom stereocenters. The standard InChI is InChI=1S/C32H33N2OS.3C2H6N.Hf/c1-6-27-29(25-15-10-11-18-28(25)35-27)26-19-36-32(33-26)30(22-13-8-7-9-14-22)34-31-23(20(2)3)16-12-17-24(31)21(4)5;3*1-3-2;/h7-21,30H,6H2,1-5H3;3*1-2H3;/q4*-1;+4. The number of rotatable bonds is 8. The summed E-state index contributed by atoms with van der Waals surface area (Å²) in [6.07, 6.45) is 0.822. The van der Waals surface area contributed by atoms with E-state index in [0.717, 1.165) is 50.7 Å². The molecule has 0 amide bonds. The molecule has 0 aliphatic carbocycles. The van der Waals surface area contributed by atoms with Crippen molar-refractivity contribution in [2.75, 3.05) is 42.3 Å². The predicted octanol–water partition coefficient (Wildman–Crippen LogP) is 12.0. The molecular weight excluding hydrogens is 753 g/mol. The van der Waals surface area contributed by atoms with Gasteiger partial charge in [0.15, 0.2) is 0 Å². The Balaban J connectivity index is 0.000000952. The van der Waals surface area contributed by atoms with Crippen LogP contribution in [-0.2, 0) is 32.3 Å². The maximum absolute atomic E-state index is 6.18. The SMILES string of the molecule is CCc1oc2ccccc2c1-c1csc(C([N-]c2c(C(C)C)cccc2C(C)C)c2ccccc2)n1.C[N-]C.C[N-]C.C[N-]C.[Hf+4]. The zero-order valence-electron chi connectivity index (χ0n) is 29.5. The minimum Gasteiger partial charge on any atom is -0.672 e. The van der Waals surface area contributed by atoms with Gasteiger partial charge >= 0.3 is 25.8 Å². The number of furan rings is 1. The molecule has 0 bridgehead atoms. The van der Waals surface area contributed by atoms with Crippen molar-refractivity contribution in [1.82, 2.24) is 4.98 Å². The molecule has 1 atom stereocenters. The molecule has 0 spiro atoms. The van der Waals surface area contributed by atoms with Crippen molar-refractivity contribution >= 4 is 28.0 Å². The first-order valence-corrected chi connectivity index (χ1v) is 16.4. The molecule has 0 saturated heterocycles. The van der Waals surface area contributed by atoms with Crippen LogP contribution in [0.1, 0.15) is 80.0 Å². The van der Waals surface area contributed by atoms with E-state index in [1.807, 2.05) is 12.1 Å². The van der Waals surface area contributed by atoms with Crippen molar-refractivity contribution in [3.05, 3.63) is 127 Å². The van der Waals surface area contributed by atoms with Gasteiger partial charge in [0.05, 0.1) is 16.3 Å². The van der Waals surface area contributed by atoms with Crippen LogP contribution in [0.3, 0.4) is 0 Å². The van der Waals surface area contributed by atoms with Gasteiger partial charge in [0.2, 0.25) is 0 Å². The molecule has 5 aromatic rings. The van der Waals surface area contributed by atoms with Crippen LogP contribution < -0.4 is 0 Å². The molecular formula is C38H51HfN5OS. The first-order valence-electron chi connectivity index (χ1n) is 15.5. The topological polar surface area (TPSA) is 82.4 Å². The largest absolute Gasteiger partial charge is 4.00 e. The number of nitrogens with zero attached hydrogens (tertiary/aromatic N) is 5. The molecule has 8 heteroatoms. The van der Waals surface area contributed by atoms with Crippen molar-refractivity contribution in [3.63, 3.8) is 0 Å². The predicted molar refractivity (Wildman–Crippen MR) is 198 cm³/mol. The summed E-state index contributed by atoms with van der Waals surface area (Å²) in [5, 5.41) is 20.2. The molecule has 0 fully saturated rings. The zero-order valence-corrected chi connectivity index (χ0v) is 33.9. The third-order valence-electron chi connectivity index (χ3n) is 6.72. The fourth-order valence-electron chi connectivity index (χ4n) is 4.85. The van der Waals surface area contributed by atoms with Crippen LogP contribution in [0.4, 0.5) is 5.69 Å². The Hall–Kier alpha value is -2.62. The van der Waals surface area contributed by atoms with Gasteiger partial charge in [-0.15, -0.1) is 17.0 Å². The van der Waals surface area contributed by atoms with Crippen LogP contribution in [0.25, 0.3) is 43.5 Å². The van der Waals surface area contributed by atoms with Crippen LogP contribution in [0.2, 0.25) is 0 Å². The van der Waals surface area contributed by atoms with E-state index in [1.54, 1.807) is 53.6 Å². The van der Waals surface area contributed by atoms with Crippen molar-refractivity contribution in [2.45, 2.75) is 58.9 Å². The first-order chi connectivity index (χ1) is 21.7. The Morgan fingerprint density at radius 1 is 0.717 bits per heavy atom. The number of hydrogen-bond donors (Lipinski definition) is 0. The molecule has 244 valence electrons. The summed E-state index contributed by atoms with van der Waals surface area (Å²) >= 11 is 1.68. The Morgan fingerprint density at radius 2 is 1.24 bits per heavy atom. The molecule has 0 saturated carbocycles. The summed E-state index contributed by atoms with van der Waals surface area (Å²) in [4.78, 5) is 5.20. The Morgan fingerprint density at radius 3 is 1.76 bits per heavy atom. The maximum atomic E-state index is 6.18. The van der Waals surface area contributed by atoms with Crippen LogP contribution in [0.15, 0.2) is 82.6 Å². The smallest absolute Gasteiger partial charge is 0.672 e. The van der Waals surface area contributed by atoms with Crippen LogP contribution in [0.5, 0.6) is 0 Å². The van der Waals surface area contributed by atoms with Crippen molar-refractivity contribution < 1.29 is 30.3 Å². The van der Waals surface area contributed by atoms with Crippen LogP contribution in [0, 0.1) is 0 Å². The quantitative estimate of drug-likeness (QED) is 0.146. The molecule has 5 rings (SSSR count). The number of para-hydroxylation sites is 2. The van der Waals surface area contributed by atoms with Crippen LogP contribution >= 0.6 is 11.3 Å². The molecule has 46 heavy (non-hydrogen) atoms. The third kappa shape index (κ3) is 11.3. The van der Waals surface area contributed by atoms with Crippen LogP contribution in [-0.4, -0.2) is 47.3 Å². The van der Waals surface area contributed by atoms with E-state index in [2.05, 4.69) is 117 Å². The molecule has 3 aromatic carbocycles. The van der Waals surface area contributed by atoms with Gasteiger partial charge in [0.1, 0.15) is 11.3 Å². The number of aryl methyl sites for hydroxylation is 1. The molecule has 2 heterocycles. The second-order valence-electron chi connectivity index (χ2n) is 11.2. The molecule has 6 nitrogen and oxygen atoms in total. The number of thiazole rings is 1. The molecule has 2 aromatic heterocycles. The van der Waals surface area contributed by atoms with E-state index in [0.29, 0.717) is 11.8 Å². The van der Waals surface area contributed by atoms with Gasteiger partial charge in [-0.2, -0.15) is 42.3 Å². The third-order valence-corrected chi connectivity index (χ3v) is 7.61. The monoisotopic (exact) mass is 805 g/mol. The van der Waals surface area contributed by atoms with Gasteiger partial charge in [-0.05, 0) is 23.9 Å². The Kier molecular flexibility index (Phi) is 19.8. The number of aromatic nitrogens is 1. The zero-order chi connectivity index (χ0) is 33.4. The second-order valence-corrected chi connectivity index (χ2v) is 12.1. The van der Waals surface area contributed by atoms with Gasteiger partial charge in [0.25, 0.3) is 0 Å². The van der Waals surface area contributed by atoms with E-state index in [-0.39, 0.29) is 31.9 Å². The Labute approximate surface area is 301 Å². The van der Waals surface area contributed by atoms with E-state index in [4.69, 9.17) is 14.7 Å². The van der Waals surface area contributed by atoms with Crippen molar-refractivity contribution in [2.24, 2.45) is 0 Å². The summed E-state index contributed by atoms with van der Waals surface area (Å²) < 4.78 is 6.18. The summed E-state index contributed by atoms with van der Waals surface area (Å²) in [6.45, 7) is 11.1. The molecule has 0 radical (unpaired) electrons. The van der Waals surface area contributed by atoms with Gasteiger partial charge < -0.3 is 25.7 Å². The van der Waals surface area contributed by atoms with Gasteiger partial charge in [0, 0.05) is 17.2 Å². The summed E-state index contributed by atoms with van der Waals surface area (Å²) in [6, 6.07) is 25.2. The molecule has 0 N–H and O–H groups in total. The average Bonchev–Trinajstić information content (AvgIpc) is 3.66. The van der Waals surface area contributed by atoms with Gasteiger partial charge in [-0.3, -0.25) is 0 Å². The summed E-state index contributed by atoms with van der Waals surface area (Å²) in [5.41, 5.74) is 7.81. The Bertz CT molecular complexity index is 1500. The van der Waals surface area contributed by atoms with E-state index < -0.39 is 0 Å². The van der Waals surface area contributed by atoms with Gasteiger partial charge in [-0.25, -0.2) is 4.98 Å². The fraction of sp³-hybridized carbons (Fsp3) is 0.395. The number of benzene rings is 3. The molecule has 0 aliphatic heterocycles. The minimum atomic E-state index is -0.175. The van der Waals surface area contributed by atoms with E-state index >= 15 is 0 Å². The maximum Gasteiger partial charge on any atom is 4.00 e. The second kappa shape index (κ2) is 22.0. The van der Waals surface area contributed by atoms with Crippen molar-refractivity contribution in [3.8, 4) is 11.3 Å². The van der Waals surface area contributed by atoms with Gasteiger partial charge in [-0.1, -0.05) is 118 Å². The average molecular weight is 804 g/mol.